The normalized spacial score (nSPS) is 18.5. The van der Waals surface area contributed by atoms with Crippen LogP contribution in [0.3, 0.4) is 0 Å². The van der Waals surface area contributed by atoms with Crippen molar-refractivity contribution in [1.82, 2.24) is 10.2 Å². The highest BCUT2D eigenvalue weighted by molar-refractivity contribution is 4.87. The van der Waals surface area contributed by atoms with Crippen LogP contribution in [0.15, 0.2) is 12.7 Å². The van der Waals surface area contributed by atoms with E-state index < -0.39 is 0 Å². The second-order valence-electron chi connectivity index (χ2n) is 4.87. The Labute approximate surface area is 94.7 Å². The minimum absolute atomic E-state index is 0.647. The van der Waals surface area contributed by atoms with Crippen molar-refractivity contribution >= 4 is 0 Å². The molecule has 1 atom stereocenters. The number of nitrogens with zero attached hydrogens (tertiary/aromatic N) is 1. The molecule has 1 rings (SSSR count). The molecule has 15 heavy (non-hydrogen) atoms. The first-order chi connectivity index (χ1) is 7.19. The standard InChI is InChI=1S/C13H26N2/c1-5-9-15(6-2)13(11(3)4)10-14-12-7-8-12/h5,11-14H,1,6-10H2,2-4H3. The van der Waals surface area contributed by atoms with E-state index in [1.807, 2.05) is 6.08 Å². The molecular formula is C13H26N2. The number of hydrogen-bond donors (Lipinski definition) is 1. The molecule has 0 aliphatic heterocycles. The topological polar surface area (TPSA) is 15.3 Å². The van der Waals surface area contributed by atoms with Crippen molar-refractivity contribution < 1.29 is 0 Å². The van der Waals surface area contributed by atoms with E-state index in [1.54, 1.807) is 0 Å². The predicted octanol–water partition coefficient (Wildman–Crippen LogP) is 2.27. The highest BCUT2D eigenvalue weighted by Crippen LogP contribution is 2.19. The van der Waals surface area contributed by atoms with Crippen LogP contribution in [0.4, 0.5) is 0 Å². The minimum Gasteiger partial charge on any atom is -0.312 e. The molecule has 0 radical (unpaired) electrons. The zero-order valence-electron chi connectivity index (χ0n) is 10.5. The first-order valence-electron chi connectivity index (χ1n) is 6.27. The molecule has 0 aromatic rings. The molecule has 2 nitrogen and oxygen atoms in total. The average Bonchev–Trinajstić information content (AvgIpc) is 2.99. The first kappa shape index (κ1) is 12.7. The Kier molecular flexibility index (Phi) is 5.34. The lowest BCUT2D eigenvalue weighted by molar-refractivity contribution is 0.175. The Balaban J connectivity index is 2.40. The second kappa shape index (κ2) is 6.29. The summed E-state index contributed by atoms with van der Waals surface area (Å²) < 4.78 is 0. The van der Waals surface area contributed by atoms with Gasteiger partial charge in [0.15, 0.2) is 0 Å². The quantitative estimate of drug-likeness (QED) is 0.618. The maximum Gasteiger partial charge on any atom is 0.0246 e. The Hall–Kier alpha value is -0.340. The lowest BCUT2D eigenvalue weighted by Crippen LogP contribution is -2.46. The summed E-state index contributed by atoms with van der Waals surface area (Å²) in [6.45, 7) is 13.9. The molecule has 1 unspecified atom stereocenters. The zero-order valence-corrected chi connectivity index (χ0v) is 10.5. The maximum atomic E-state index is 3.84. The van der Waals surface area contributed by atoms with E-state index >= 15 is 0 Å². The predicted molar refractivity (Wildman–Crippen MR) is 67.1 cm³/mol. The molecule has 1 N–H and O–H groups in total. The van der Waals surface area contributed by atoms with Gasteiger partial charge in [-0.1, -0.05) is 26.8 Å². The van der Waals surface area contributed by atoms with Gasteiger partial charge >= 0.3 is 0 Å². The van der Waals surface area contributed by atoms with E-state index in [0.29, 0.717) is 12.0 Å². The second-order valence-corrected chi connectivity index (χ2v) is 4.87. The Morgan fingerprint density at radius 3 is 2.53 bits per heavy atom. The molecule has 1 saturated carbocycles. The summed E-state index contributed by atoms with van der Waals surface area (Å²) in [5, 5.41) is 3.64. The molecule has 88 valence electrons. The van der Waals surface area contributed by atoms with Gasteiger partial charge in [0, 0.05) is 25.2 Å². The minimum atomic E-state index is 0.647. The third-order valence-corrected chi connectivity index (χ3v) is 3.20. The van der Waals surface area contributed by atoms with Gasteiger partial charge in [-0.3, -0.25) is 4.90 Å². The molecule has 0 amide bonds. The van der Waals surface area contributed by atoms with Gasteiger partial charge in [0.05, 0.1) is 0 Å². The van der Waals surface area contributed by atoms with Crippen LogP contribution in [0.2, 0.25) is 0 Å². The Morgan fingerprint density at radius 2 is 2.13 bits per heavy atom. The average molecular weight is 210 g/mol. The Bertz CT molecular complexity index is 185. The van der Waals surface area contributed by atoms with Gasteiger partial charge in [0.1, 0.15) is 0 Å². The van der Waals surface area contributed by atoms with E-state index in [2.05, 4.69) is 37.6 Å². The van der Waals surface area contributed by atoms with E-state index in [0.717, 1.165) is 25.7 Å². The van der Waals surface area contributed by atoms with Crippen LogP contribution in [-0.2, 0) is 0 Å². The van der Waals surface area contributed by atoms with Crippen LogP contribution in [0.25, 0.3) is 0 Å². The van der Waals surface area contributed by atoms with Gasteiger partial charge in [0.2, 0.25) is 0 Å². The van der Waals surface area contributed by atoms with Crippen LogP contribution in [0, 0.1) is 5.92 Å². The van der Waals surface area contributed by atoms with Crippen LogP contribution < -0.4 is 5.32 Å². The van der Waals surface area contributed by atoms with Crippen molar-refractivity contribution in [3.05, 3.63) is 12.7 Å². The molecule has 0 heterocycles. The summed E-state index contributed by atoms with van der Waals surface area (Å²) in [6.07, 6.45) is 4.76. The summed E-state index contributed by atoms with van der Waals surface area (Å²) in [4.78, 5) is 2.51. The highest BCUT2D eigenvalue weighted by Gasteiger charge is 2.25. The van der Waals surface area contributed by atoms with Gasteiger partial charge in [-0.25, -0.2) is 0 Å². The van der Waals surface area contributed by atoms with Crippen LogP contribution in [0.1, 0.15) is 33.6 Å². The first-order valence-corrected chi connectivity index (χ1v) is 6.27. The van der Waals surface area contributed by atoms with Crippen molar-refractivity contribution in [2.24, 2.45) is 5.92 Å². The molecule has 0 spiro atoms. The van der Waals surface area contributed by atoms with E-state index in [4.69, 9.17) is 0 Å². The number of rotatable bonds is 8. The third kappa shape index (κ3) is 4.35. The fourth-order valence-corrected chi connectivity index (χ4v) is 2.03. The fourth-order valence-electron chi connectivity index (χ4n) is 2.03. The SMILES string of the molecule is C=CCN(CC)C(CNC1CC1)C(C)C. The number of hydrogen-bond acceptors (Lipinski definition) is 2. The van der Waals surface area contributed by atoms with Crippen LogP contribution in [-0.4, -0.2) is 36.6 Å². The van der Waals surface area contributed by atoms with Crippen LogP contribution in [0.5, 0.6) is 0 Å². The van der Waals surface area contributed by atoms with Gasteiger partial charge in [-0.05, 0) is 25.3 Å². The largest absolute Gasteiger partial charge is 0.312 e. The highest BCUT2D eigenvalue weighted by atomic mass is 15.2. The lowest BCUT2D eigenvalue weighted by Gasteiger charge is -2.33. The molecule has 1 fully saturated rings. The summed E-state index contributed by atoms with van der Waals surface area (Å²) in [5.41, 5.74) is 0. The third-order valence-electron chi connectivity index (χ3n) is 3.20. The van der Waals surface area contributed by atoms with Crippen molar-refractivity contribution in [1.29, 1.82) is 0 Å². The molecule has 0 bridgehead atoms. The maximum absolute atomic E-state index is 3.84. The molecule has 2 heteroatoms. The molecule has 1 aliphatic carbocycles. The molecule has 0 saturated heterocycles. The number of nitrogens with one attached hydrogen (secondary N) is 1. The monoisotopic (exact) mass is 210 g/mol. The summed E-state index contributed by atoms with van der Waals surface area (Å²) in [5.74, 6) is 0.705. The Morgan fingerprint density at radius 1 is 1.47 bits per heavy atom. The summed E-state index contributed by atoms with van der Waals surface area (Å²) in [7, 11) is 0. The van der Waals surface area contributed by atoms with Gasteiger partial charge in [-0.15, -0.1) is 6.58 Å². The summed E-state index contributed by atoms with van der Waals surface area (Å²) >= 11 is 0. The van der Waals surface area contributed by atoms with Crippen molar-refractivity contribution in [2.75, 3.05) is 19.6 Å². The smallest absolute Gasteiger partial charge is 0.0246 e. The lowest BCUT2D eigenvalue weighted by atomic mass is 10.0. The van der Waals surface area contributed by atoms with Gasteiger partial charge < -0.3 is 5.32 Å². The molecule has 1 aliphatic rings. The zero-order chi connectivity index (χ0) is 11.3. The molecule has 0 aromatic carbocycles. The van der Waals surface area contributed by atoms with Crippen molar-refractivity contribution in [2.45, 2.75) is 45.7 Å². The van der Waals surface area contributed by atoms with E-state index in [9.17, 15) is 0 Å². The van der Waals surface area contributed by atoms with Crippen molar-refractivity contribution in [3.63, 3.8) is 0 Å². The van der Waals surface area contributed by atoms with Gasteiger partial charge in [-0.2, -0.15) is 0 Å². The fraction of sp³-hybridized carbons (Fsp3) is 0.846. The van der Waals surface area contributed by atoms with Crippen LogP contribution >= 0.6 is 0 Å². The molecule has 0 aromatic heterocycles. The molecular weight excluding hydrogens is 184 g/mol. The summed E-state index contributed by atoms with van der Waals surface area (Å²) in [6, 6.07) is 1.46. The van der Waals surface area contributed by atoms with E-state index in [-0.39, 0.29) is 0 Å². The van der Waals surface area contributed by atoms with Gasteiger partial charge in [0.25, 0.3) is 0 Å². The van der Waals surface area contributed by atoms with E-state index in [1.165, 1.54) is 12.8 Å². The van der Waals surface area contributed by atoms with Crippen molar-refractivity contribution in [3.8, 4) is 0 Å². The number of likely N-dealkylation sites (N-methyl/N-ethyl adjacent to an activating group) is 1.